The van der Waals surface area contributed by atoms with Crippen molar-refractivity contribution in [3.63, 3.8) is 0 Å². The van der Waals surface area contributed by atoms with Gasteiger partial charge in [-0.15, -0.1) is 11.6 Å². The Bertz CT molecular complexity index is 378. The molecule has 0 bridgehead atoms. The van der Waals surface area contributed by atoms with E-state index in [2.05, 4.69) is 0 Å². The molecule has 1 aromatic carbocycles. The minimum absolute atomic E-state index is 0.157. The standard InChI is InChI=1S/C13H15ClF2O/c14-12(10-2-1-5-17-8-10)6-9-3-4-11(15)7-13(9)16/h3-4,7,10,12H,1-2,5-6,8H2. The second-order valence-electron chi connectivity index (χ2n) is 4.43. The summed E-state index contributed by atoms with van der Waals surface area (Å²) >= 11 is 6.27. The normalized spacial score (nSPS) is 22.4. The predicted molar refractivity (Wildman–Crippen MR) is 63.2 cm³/mol. The first-order valence-corrected chi connectivity index (χ1v) is 6.26. The smallest absolute Gasteiger partial charge is 0.129 e. The quantitative estimate of drug-likeness (QED) is 0.756. The highest BCUT2D eigenvalue weighted by Crippen LogP contribution is 2.25. The first-order valence-electron chi connectivity index (χ1n) is 5.82. The number of rotatable bonds is 3. The lowest BCUT2D eigenvalue weighted by Gasteiger charge is -2.26. The number of hydrogen-bond acceptors (Lipinski definition) is 1. The van der Waals surface area contributed by atoms with E-state index in [1.165, 1.54) is 12.1 Å². The maximum absolute atomic E-state index is 13.4. The molecule has 2 atom stereocenters. The van der Waals surface area contributed by atoms with Crippen LogP contribution in [-0.4, -0.2) is 18.6 Å². The molecule has 0 spiro atoms. The lowest BCUT2D eigenvalue weighted by Crippen LogP contribution is -2.27. The largest absolute Gasteiger partial charge is 0.381 e. The fourth-order valence-corrected chi connectivity index (χ4v) is 2.48. The molecule has 1 saturated heterocycles. The average molecular weight is 261 g/mol. The van der Waals surface area contributed by atoms with Crippen LogP contribution in [0, 0.1) is 17.6 Å². The monoisotopic (exact) mass is 260 g/mol. The van der Waals surface area contributed by atoms with Crippen LogP contribution < -0.4 is 0 Å². The van der Waals surface area contributed by atoms with Crippen LogP contribution in [0.25, 0.3) is 0 Å². The Morgan fingerprint density at radius 3 is 2.88 bits per heavy atom. The highest BCUT2D eigenvalue weighted by molar-refractivity contribution is 6.20. The molecule has 1 heterocycles. The Labute approximate surface area is 105 Å². The van der Waals surface area contributed by atoms with E-state index in [0.717, 1.165) is 25.5 Å². The van der Waals surface area contributed by atoms with Crippen molar-refractivity contribution in [3.05, 3.63) is 35.4 Å². The first-order chi connectivity index (χ1) is 8.16. The number of hydrogen-bond donors (Lipinski definition) is 0. The highest BCUT2D eigenvalue weighted by atomic mass is 35.5. The fraction of sp³-hybridized carbons (Fsp3) is 0.538. The van der Waals surface area contributed by atoms with Gasteiger partial charge in [-0.3, -0.25) is 0 Å². The fourth-order valence-electron chi connectivity index (χ4n) is 2.11. The zero-order chi connectivity index (χ0) is 12.3. The number of benzene rings is 1. The summed E-state index contributed by atoms with van der Waals surface area (Å²) in [5.41, 5.74) is 0.469. The van der Waals surface area contributed by atoms with Crippen LogP contribution in [0.15, 0.2) is 18.2 Å². The second kappa shape index (κ2) is 5.78. The molecule has 17 heavy (non-hydrogen) atoms. The molecule has 0 radical (unpaired) electrons. The van der Waals surface area contributed by atoms with Gasteiger partial charge in [-0.2, -0.15) is 0 Å². The summed E-state index contributed by atoms with van der Waals surface area (Å²) in [5, 5.41) is -0.157. The van der Waals surface area contributed by atoms with Gasteiger partial charge in [0.05, 0.1) is 6.61 Å². The SMILES string of the molecule is Fc1ccc(CC(Cl)C2CCCOC2)c(F)c1. The minimum Gasteiger partial charge on any atom is -0.381 e. The van der Waals surface area contributed by atoms with Gasteiger partial charge in [0.2, 0.25) is 0 Å². The van der Waals surface area contributed by atoms with Crippen LogP contribution in [0.1, 0.15) is 18.4 Å². The van der Waals surface area contributed by atoms with Crippen molar-refractivity contribution in [2.45, 2.75) is 24.6 Å². The van der Waals surface area contributed by atoms with E-state index in [1.807, 2.05) is 0 Å². The zero-order valence-corrected chi connectivity index (χ0v) is 10.2. The molecule has 0 N–H and O–H groups in total. The van der Waals surface area contributed by atoms with Crippen molar-refractivity contribution >= 4 is 11.6 Å². The molecular weight excluding hydrogens is 246 g/mol. The van der Waals surface area contributed by atoms with E-state index in [-0.39, 0.29) is 11.3 Å². The van der Waals surface area contributed by atoms with Crippen molar-refractivity contribution in [3.8, 4) is 0 Å². The molecule has 2 unspecified atom stereocenters. The van der Waals surface area contributed by atoms with E-state index in [0.29, 0.717) is 18.6 Å². The Hall–Kier alpha value is -0.670. The predicted octanol–water partition coefficient (Wildman–Crippen LogP) is 3.54. The molecule has 94 valence electrons. The molecule has 2 rings (SSSR count). The van der Waals surface area contributed by atoms with Crippen molar-refractivity contribution < 1.29 is 13.5 Å². The first kappa shape index (κ1) is 12.8. The molecule has 4 heteroatoms. The van der Waals surface area contributed by atoms with Gasteiger partial charge in [-0.05, 0) is 36.8 Å². The Balaban J connectivity index is 1.99. The molecule has 0 saturated carbocycles. The number of alkyl halides is 1. The summed E-state index contributed by atoms with van der Waals surface area (Å²) in [7, 11) is 0. The molecule has 0 aliphatic carbocycles. The highest BCUT2D eigenvalue weighted by Gasteiger charge is 2.23. The van der Waals surface area contributed by atoms with Crippen LogP contribution >= 0.6 is 11.6 Å². The molecule has 1 nitrogen and oxygen atoms in total. The van der Waals surface area contributed by atoms with E-state index in [1.54, 1.807) is 0 Å². The molecule has 1 aromatic rings. The molecule has 0 aromatic heterocycles. The van der Waals surface area contributed by atoms with Gasteiger partial charge in [0.15, 0.2) is 0 Å². The van der Waals surface area contributed by atoms with Crippen molar-refractivity contribution in [1.29, 1.82) is 0 Å². The summed E-state index contributed by atoms with van der Waals surface area (Å²) in [6, 6.07) is 3.62. The average Bonchev–Trinajstić information content (AvgIpc) is 2.34. The van der Waals surface area contributed by atoms with E-state index in [9.17, 15) is 8.78 Å². The number of halogens is 3. The molecule has 1 aliphatic rings. The van der Waals surface area contributed by atoms with Gasteiger partial charge in [0.25, 0.3) is 0 Å². The van der Waals surface area contributed by atoms with E-state index >= 15 is 0 Å². The summed E-state index contributed by atoms with van der Waals surface area (Å²) in [5.74, 6) is -0.819. The van der Waals surface area contributed by atoms with E-state index < -0.39 is 11.6 Å². The maximum atomic E-state index is 13.4. The molecular formula is C13H15ClF2O. The van der Waals surface area contributed by atoms with Gasteiger partial charge in [0.1, 0.15) is 11.6 Å². The lowest BCUT2D eigenvalue weighted by atomic mass is 9.94. The van der Waals surface area contributed by atoms with Crippen molar-refractivity contribution in [2.75, 3.05) is 13.2 Å². The molecule has 1 fully saturated rings. The lowest BCUT2D eigenvalue weighted by molar-refractivity contribution is 0.0532. The maximum Gasteiger partial charge on any atom is 0.129 e. The third-order valence-corrected chi connectivity index (χ3v) is 3.65. The van der Waals surface area contributed by atoms with Crippen molar-refractivity contribution in [2.24, 2.45) is 5.92 Å². The Morgan fingerprint density at radius 2 is 2.24 bits per heavy atom. The summed E-state index contributed by atoms with van der Waals surface area (Å²) in [4.78, 5) is 0. The molecule has 0 amide bonds. The van der Waals surface area contributed by atoms with Crippen molar-refractivity contribution in [1.82, 2.24) is 0 Å². The van der Waals surface area contributed by atoms with Crippen LogP contribution in [0.2, 0.25) is 0 Å². The Morgan fingerprint density at radius 1 is 1.41 bits per heavy atom. The van der Waals surface area contributed by atoms with Gasteiger partial charge >= 0.3 is 0 Å². The van der Waals surface area contributed by atoms with Crippen LogP contribution in [0.3, 0.4) is 0 Å². The van der Waals surface area contributed by atoms with Gasteiger partial charge in [-0.1, -0.05) is 6.07 Å². The summed E-state index contributed by atoms with van der Waals surface area (Å²) < 4.78 is 31.5. The van der Waals surface area contributed by atoms with Gasteiger partial charge in [0, 0.05) is 18.1 Å². The molecule has 1 aliphatic heterocycles. The summed E-state index contributed by atoms with van der Waals surface area (Å²) in [6.45, 7) is 1.42. The third-order valence-electron chi connectivity index (χ3n) is 3.14. The topological polar surface area (TPSA) is 9.23 Å². The van der Waals surface area contributed by atoms with E-state index in [4.69, 9.17) is 16.3 Å². The zero-order valence-electron chi connectivity index (χ0n) is 9.46. The van der Waals surface area contributed by atoms with Gasteiger partial charge < -0.3 is 4.74 Å². The van der Waals surface area contributed by atoms with Crippen LogP contribution in [0.5, 0.6) is 0 Å². The third kappa shape index (κ3) is 3.39. The van der Waals surface area contributed by atoms with Crippen LogP contribution in [0.4, 0.5) is 8.78 Å². The summed E-state index contributed by atoms with van der Waals surface area (Å²) in [6.07, 6.45) is 2.43. The minimum atomic E-state index is -0.557. The Kier molecular flexibility index (Phi) is 4.35. The van der Waals surface area contributed by atoms with Gasteiger partial charge in [-0.25, -0.2) is 8.78 Å². The number of ether oxygens (including phenoxy) is 1. The second-order valence-corrected chi connectivity index (χ2v) is 4.99. The van der Waals surface area contributed by atoms with Crippen LogP contribution in [-0.2, 0) is 11.2 Å².